The maximum absolute atomic E-state index is 11.6. The van der Waals surface area contributed by atoms with E-state index in [1.54, 1.807) is 23.3 Å². The molecule has 3 heterocycles. The average Bonchev–Trinajstić information content (AvgIpc) is 3.39. The first-order chi connectivity index (χ1) is 14.1. The second kappa shape index (κ2) is 8.48. The van der Waals surface area contributed by atoms with Gasteiger partial charge in [0.2, 0.25) is 5.95 Å². The van der Waals surface area contributed by atoms with Crippen LogP contribution in [0.5, 0.6) is 5.75 Å². The molecule has 29 heavy (non-hydrogen) atoms. The average molecular weight is 410 g/mol. The van der Waals surface area contributed by atoms with Gasteiger partial charge in [-0.15, -0.1) is 11.3 Å². The molecule has 0 radical (unpaired) electrons. The SMILES string of the molecule is COc1ccc(-c2ccc(-c3nc(NCCN4CCNC4=O)ncc3C)s2)cc1. The first-order valence-electron chi connectivity index (χ1n) is 9.49. The van der Waals surface area contributed by atoms with E-state index in [0.717, 1.165) is 34.0 Å². The van der Waals surface area contributed by atoms with Crippen LogP contribution in [0.2, 0.25) is 0 Å². The van der Waals surface area contributed by atoms with Crippen LogP contribution in [0, 0.1) is 6.92 Å². The molecular weight excluding hydrogens is 386 g/mol. The topological polar surface area (TPSA) is 79.4 Å². The van der Waals surface area contributed by atoms with Crippen molar-refractivity contribution in [3.05, 3.63) is 48.2 Å². The Morgan fingerprint density at radius 2 is 2.00 bits per heavy atom. The number of aromatic nitrogens is 2. The number of aryl methyl sites for hydroxylation is 1. The zero-order chi connectivity index (χ0) is 20.2. The van der Waals surface area contributed by atoms with Crippen LogP contribution in [0.1, 0.15) is 5.56 Å². The maximum Gasteiger partial charge on any atom is 0.317 e. The second-order valence-electron chi connectivity index (χ2n) is 6.76. The molecule has 8 heteroatoms. The summed E-state index contributed by atoms with van der Waals surface area (Å²) >= 11 is 1.70. The Bertz CT molecular complexity index is 1000. The van der Waals surface area contributed by atoms with Gasteiger partial charge in [0, 0.05) is 37.3 Å². The molecule has 0 saturated carbocycles. The Morgan fingerprint density at radius 3 is 2.72 bits per heavy atom. The lowest BCUT2D eigenvalue weighted by Crippen LogP contribution is -2.32. The molecule has 1 fully saturated rings. The Labute approximate surface area is 173 Å². The minimum atomic E-state index is -0.0121. The van der Waals surface area contributed by atoms with E-state index in [1.807, 2.05) is 25.3 Å². The molecule has 4 rings (SSSR count). The largest absolute Gasteiger partial charge is 0.497 e. The number of nitrogens with one attached hydrogen (secondary N) is 2. The lowest BCUT2D eigenvalue weighted by Gasteiger charge is -2.14. The summed E-state index contributed by atoms with van der Waals surface area (Å²) in [5, 5.41) is 6.03. The van der Waals surface area contributed by atoms with Crippen molar-refractivity contribution in [1.29, 1.82) is 0 Å². The van der Waals surface area contributed by atoms with Gasteiger partial charge in [-0.25, -0.2) is 14.8 Å². The molecule has 1 aromatic carbocycles. The molecule has 0 atom stereocenters. The third-order valence-electron chi connectivity index (χ3n) is 4.80. The van der Waals surface area contributed by atoms with E-state index in [1.165, 1.54) is 4.88 Å². The number of anilines is 1. The maximum atomic E-state index is 11.6. The highest BCUT2D eigenvalue weighted by molar-refractivity contribution is 7.18. The number of rotatable bonds is 7. The summed E-state index contributed by atoms with van der Waals surface area (Å²) in [7, 11) is 1.67. The van der Waals surface area contributed by atoms with Gasteiger partial charge in [-0.1, -0.05) is 0 Å². The van der Waals surface area contributed by atoms with Crippen molar-refractivity contribution in [2.45, 2.75) is 6.92 Å². The van der Waals surface area contributed by atoms with Crippen molar-refractivity contribution in [2.24, 2.45) is 0 Å². The van der Waals surface area contributed by atoms with Gasteiger partial charge in [0.1, 0.15) is 5.75 Å². The number of benzene rings is 1. The molecule has 7 nitrogen and oxygen atoms in total. The van der Waals surface area contributed by atoms with Crippen molar-refractivity contribution in [3.8, 4) is 26.8 Å². The van der Waals surface area contributed by atoms with Crippen LogP contribution in [0.15, 0.2) is 42.6 Å². The summed E-state index contributed by atoms with van der Waals surface area (Å²) in [5.74, 6) is 1.42. The van der Waals surface area contributed by atoms with Gasteiger partial charge in [0.15, 0.2) is 0 Å². The number of urea groups is 1. The molecule has 1 aliphatic rings. The van der Waals surface area contributed by atoms with Gasteiger partial charge in [0.05, 0.1) is 17.7 Å². The van der Waals surface area contributed by atoms with E-state index < -0.39 is 0 Å². The molecule has 0 unspecified atom stereocenters. The predicted octanol–water partition coefficient (Wildman–Crippen LogP) is 3.63. The smallest absolute Gasteiger partial charge is 0.317 e. The molecule has 2 N–H and O–H groups in total. The van der Waals surface area contributed by atoms with Crippen molar-refractivity contribution in [3.63, 3.8) is 0 Å². The highest BCUT2D eigenvalue weighted by Crippen LogP contribution is 2.35. The monoisotopic (exact) mass is 409 g/mol. The Hall–Kier alpha value is -3.13. The third-order valence-corrected chi connectivity index (χ3v) is 5.94. The van der Waals surface area contributed by atoms with E-state index >= 15 is 0 Å². The van der Waals surface area contributed by atoms with Crippen molar-refractivity contribution in [1.82, 2.24) is 20.2 Å². The van der Waals surface area contributed by atoms with Gasteiger partial charge >= 0.3 is 6.03 Å². The number of carbonyl (C=O) groups is 1. The second-order valence-corrected chi connectivity index (χ2v) is 7.85. The number of hydrogen-bond acceptors (Lipinski definition) is 6. The lowest BCUT2D eigenvalue weighted by atomic mass is 10.2. The van der Waals surface area contributed by atoms with Crippen LogP contribution < -0.4 is 15.4 Å². The molecule has 150 valence electrons. The molecule has 2 amide bonds. The fourth-order valence-corrected chi connectivity index (χ4v) is 4.25. The Balaban J connectivity index is 1.47. The molecule has 3 aromatic rings. The standard InChI is InChI=1S/C21H23N5O2S/c1-14-13-24-20(22-9-11-26-12-10-23-21(26)27)25-19(14)18-8-7-17(29-18)15-3-5-16(28-2)6-4-15/h3-8,13H,9-12H2,1-2H3,(H,23,27)(H,22,24,25). The Morgan fingerprint density at radius 1 is 1.21 bits per heavy atom. The molecule has 1 saturated heterocycles. The fraction of sp³-hybridized carbons (Fsp3) is 0.286. The van der Waals surface area contributed by atoms with Gasteiger partial charge < -0.3 is 20.3 Å². The van der Waals surface area contributed by atoms with E-state index in [0.29, 0.717) is 25.6 Å². The van der Waals surface area contributed by atoms with Crippen LogP contribution in [0.25, 0.3) is 21.0 Å². The summed E-state index contributed by atoms with van der Waals surface area (Å²) in [6, 6.07) is 12.2. The van der Waals surface area contributed by atoms with Crippen LogP contribution in [-0.2, 0) is 0 Å². The highest BCUT2D eigenvalue weighted by Gasteiger charge is 2.18. The van der Waals surface area contributed by atoms with E-state index in [9.17, 15) is 4.79 Å². The molecule has 0 spiro atoms. The summed E-state index contributed by atoms with van der Waals surface area (Å²) in [5.41, 5.74) is 3.10. The van der Waals surface area contributed by atoms with Crippen molar-refractivity contribution in [2.75, 3.05) is 38.6 Å². The number of methoxy groups -OCH3 is 1. The fourth-order valence-electron chi connectivity index (χ4n) is 3.18. The first-order valence-corrected chi connectivity index (χ1v) is 10.3. The van der Waals surface area contributed by atoms with E-state index in [2.05, 4.69) is 39.9 Å². The number of carbonyl (C=O) groups excluding carboxylic acids is 1. The van der Waals surface area contributed by atoms with Gasteiger partial charge in [-0.3, -0.25) is 0 Å². The molecule has 0 aliphatic carbocycles. The van der Waals surface area contributed by atoms with Gasteiger partial charge in [-0.05, 0) is 54.4 Å². The first kappa shape index (κ1) is 19.2. The summed E-state index contributed by atoms with van der Waals surface area (Å²) in [4.78, 5) is 24.7. The van der Waals surface area contributed by atoms with Crippen molar-refractivity contribution >= 4 is 23.3 Å². The van der Waals surface area contributed by atoms with Crippen LogP contribution >= 0.6 is 11.3 Å². The normalized spacial score (nSPS) is 13.4. The zero-order valence-corrected chi connectivity index (χ0v) is 17.3. The number of ether oxygens (including phenoxy) is 1. The number of nitrogens with zero attached hydrogens (tertiary/aromatic N) is 3. The number of amides is 2. The molecular formula is C21H23N5O2S. The molecule has 1 aliphatic heterocycles. The minimum absolute atomic E-state index is 0.0121. The van der Waals surface area contributed by atoms with Crippen molar-refractivity contribution < 1.29 is 9.53 Å². The quantitative estimate of drug-likeness (QED) is 0.623. The van der Waals surface area contributed by atoms with Gasteiger partial charge in [0.25, 0.3) is 0 Å². The van der Waals surface area contributed by atoms with Crippen LogP contribution in [-0.4, -0.2) is 54.2 Å². The van der Waals surface area contributed by atoms with E-state index in [-0.39, 0.29) is 6.03 Å². The minimum Gasteiger partial charge on any atom is -0.497 e. The molecule has 2 aromatic heterocycles. The third kappa shape index (κ3) is 4.32. The van der Waals surface area contributed by atoms with Crippen LogP contribution in [0.3, 0.4) is 0 Å². The zero-order valence-electron chi connectivity index (χ0n) is 16.4. The molecule has 0 bridgehead atoms. The number of hydrogen-bond donors (Lipinski definition) is 2. The summed E-state index contributed by atoms with van der Waals surface area (Å²) in [6.07, 6.45) is 1.83. The Kier molecular flexibility index (Phi) is 5.62. The number of thiophene rings is 1. The van der Waals surface area contributed by atoms with Crippen LogP contribution in [0.4, 0.5) is 10.7 Å². The van der Waals surface area contributed by atoms with E-state index in [4.69, 9.17) is 9.72 Å². The predicted molar refractivity (Wildman–Crippen MR) is 116 cm³/mol. The lowest BCUT2D eigenvalue weighted by molar-refractivity contribution is 0.219. The van der Waals surface area contributed by atoms with Gasteiger partial charge in [-0.2, -0.15) is 0 Å². The summed E-state index contributed by atoms with van der Waals surface area (Å²) in [6.45, 7) is 4.69. The summed E-state index contributed by atoms with van der Waals surface area (Å²) < 4.78 is 5.23. The highest BCUT2D eigenvalue weighted by atomic mass is 32.1.